The van der Waals surface area contributed by atoms with E-state index in [9.17, 15) is 18.0 Å². The molecule has 16 heavy (non-hydrogen) atoms. The molecule has 1 nitrogen and oxygen atoms in total. The molecule has 0 aliphatic heterocycles. The third-order valence-electron chi connectivity index (χ3n) is 1.68. The molecule has 0 fully saturated rings. The van der Waals surface area contributed by atoms with E-state index < -0.39 is 5.51 Å². The van der Waals surface area contributed by atoms with Gasteiger partial charge in [-0.2, -0.15) is 13.2 Å². The molecule has 6 heteroatoms. The quantitative estimate of drug-likeness (QED) is 0.598. The molecule has 0 atom stereocenters. The molecule has 0 aliphatic rings. The first kappa shape index (κ1) is 13.8. The Labute approximate surface area is 109 Å². The van der Waals surface area contributed by atoms with E-state index in [1.807, 2.05) is 22.6 Å². The standard InChI is InChI=1S/C10H8F3IOS/c1-6(15)4-7-2-3-9(8(14)5-7)16-10(11,12)13/h2-3,5H,4H2,1H3. The van der Waals surface area contributed by atoms with Crippen molar-refractivity contribution in [2.45, 2.75) is 23.7 Å². The fourth-order valence-electron chi connectivity index (χ4n) is 1.15. The first-order valence-corrected chi connectivity index (χ1v) is 6.21. The van der Waals surface area contributed by atoms with Crippen LogP contribution in [0.2, 0.25) is 0 Å². The Balaban J connectivity index is 2.87. The Kier molecular flexibility index (Phi) is 4.66. The summed E-state index contributed by atoms with van der Waals surface area (Å²) < 4.78 is 36.9. The van der Waals surface area contributed by atoms with Gasteiger partial charge in [-0.3, -0.25) is 4.79 Å². The minimum Gasteiger partial charge on any atom is -0.300 e. The summed E-state index contributed by atoms with van der Waals surface area (Å²) >= 11 is 1.70. The number of hydrogen-bond donors (Lipinski definition) is 0. The molecule has 0 aliphatic carbocycles. The topological polar surface area (TPSA) is 17.1 Å². The SMILES string of the molecule is CC(=O)Cc1ccc(SC(F)(F)F)c(I)c1. The monoisotopic (exact) mass is 360 g/mol. The van der Waals surface area contributed by atoms with E-state index in [0.717, 1.165) is 5.56 Å². The average molecular weight is 360 g/mol. The Morgan fingerprint density at radius 1 is 1.44 bits per heavy atom. The molecular formula is C10H8F3IOS. The molecule has 0 saturated heterocycles. The van der Waals surface area contributed by atoms with Crippen LogP contribution in [0.15, 0.2) is 23.1 Å². The molecule has 1 aromatic rings. The largest absolute Gasteiger partial charge is 0.446 e. The Morgan fingerprint density at radius 3 is 2.50 bits per heavy atom. The van der Waals surface area contributed by atoms with Gasteiger partial charge in [0.05, 0.1) is 0 Å². The van der Waals surface area contributed by atoms with E-state index in [1.165, 1.54) is 13.0 Å². The average Bonchev–Trinajstić information content (AvgIpc) is 2.06. The molecule has 1 aromatic carbocycles. The number of alkyl halides is 3. The summed E-state index contributed by atoms with van der Waals surface area (Å²) in [5.41, 5.74) is -3.54. The molecule has 0 radical (unpaired) electrons. The number of ketones is 1. The number of rotatable bonds is 3. The van der Waals surface area contributed by atoms with E-state index in [-0.39, 0.29) is 28.9 Å². The van der Waals surface area contributed by atoms with Crippen LogP contribution in [-0.4, -0.2) is 11.3 Å². The highest BCUT2D eigenvalue weighted by Gasteiger charge is 2.30. The van der Waals surface area contributed by atoms with Crippen molar-refractivity contribution < 1.29 is 18.0 Å². The number of carbonyl (C=O) groups is 1. The van der Waals surface area contributed by atoms with Crippen LogP contribution >= 0.6 is 34.4 Å². The predicted molar refractivity (Wildman–Crippen MR) is 65.5 cm³/mol. The van der Waals surface area contributed by atoms with E-state index in [0.29, 0.717) is 3.57 Å². The summed E-state index contributed by atoms with van der Waals surface area (Å²) in [5, 5.41) is 0. The Hall–Kier alpha value is -0.240. The molecule has 0 heterocycles. The minimum atomic E-state index is -4.28. The van der Waals surface area contributed by atoms with Crippen LogP contribution < -0.4 is 0 Å². The van der Waals surface area contributed by atoms with E-state index in [1.54, 1.807) is 12.1 Å². The van der Waals surface area contributed by atoms with Crippen LogP contribution in [0.4, 0.5) is 13.2 Å². The molecule has 0 N–H and O–H groups in total. The summed E-state index contributed by atoms with van der Waals surface area (Å²) in [6.45, 7) is 1.45. The van der Waals surface area contributed by atoms with Gasteiger partial charge in [0, 0.05) is 14.9 Å². The van der Waals surface area contributed by atoms with Crippen LogP contribution in [0, 0.1) is 3.57 Å². The second kappa shape index (κ2) is 5.39. The highest BCUT2D eigenvalue weighted by Crippen LogP contribution is 2.39. The van der Waals surface area contributed by atoms with Crippen LogP contribution in [0.5, 0.6) is 0 Å². The van der Waals surface area contributed by atoms with Gasteiger partial charge in [0.25, 0.3) is 0 Å². The van der Waals surface area contributed by atoms with Crippen molar-refractivity contribution in [2.24, 2.45) is 0 Å². The third-order valence-corrected chi connectivity index (χ3v) is 3.74. The first-order chi connectivity index (χ1) is 7.28. The lowest BCUT2D eigenvalue weighted by Crippen LogP contribution is -2.01. The Morgan fingerprint density at radius 2 is 2.06 bits per heavy atom. The van der Waals surface area contributed by atoms with Gasteiger partial charge in [-0.1, -0.05) is 6.07 Å². The normalized spacial score (nSPS) is 11.6. The third kappa shape index (κ3) is 4.73. The highest BCUT2D eigenvalue weighted by molar-refractivity contribution is 14.1. The molecule has 0 saturated carbocycles. The fourth-order valence-corrected chi connectivity index (χ4v) is 2.60. The van der Waals surface area contributed by atoms with E-state index in [4.69, 9.17) is 0 Å². The number of carbonyl (C=O) groups excluding carboxylic acids is 1. The van der Waals surface area contributed by atoms with Crippen molar-refractivity contribution in [3.05, 3.63) is 27.3 Å². The number of benzene rings is 1. The van der Waals surface area contributed by atoms with Crippen molar-refractivity contribution in [3.8, 4) is 0 Å². The van der Waals surface area contributed by atoms with Crippen LogP contribution in [0.1, 0.15) is 12.5 Å². The van der Waals surface area contributed by atoms with Gasteiger partial charge in [-0.15, -0.1) is 0 Å². The van der Waals surface area contributed by atoms with Crippen LogP contribution in [0.3, 0.4) is 0 Å². The van der Waals surface area contributed by atoms with Crippen LogP contribution in [-0.2, 0) is 11.2 Å². The van der Waals surface area contributed by atoms with Gasteiger partial charge in [0.1, 0.15) is 5.78 Å². The summed E-state index contributed by atoms with van der Waals surface area (Å²) in [7, 11) is 0. The summed E-state index contributed by atoms with van der Waals surface area (Å²) in [6.07, 6.45) is 0.257. The maximum Gasteiger partial charge on any atom is 0.446 e. The maximum atomic E-state index is 12.1. The number of hydrogen-bond acceptors (Lipinski definition) is 2. The highest BCUT2D eigenvalue weighted by atomic mass is 127. The van der Waals surface area contributed by atoms with Gasteiger partial charge in [0.2, 0.25) is 0 Å². The zero-order valence-corrected chi connectivity index (χ0v) is 11.2. The zero-order chi connectivity index (χ0) is 12.3. The van der Waals surface area contributed by atoms with Crippen molar-refractivity contribution in [2.75, 3.05) is 0 Å². The molecule has 88 valence electrons. The lowest BCUT2D eigenvalue weighted by molar-refractivity contribution is -0.116. The smallest absolute Gasteiger partial charge is 0.300 e. The summed E-state index contributed by atoms with van der Waals surface area (Å²) in [4.78, 5) is 11.0. The second-order valence-electron chi connectivity index (χ2n) is 3.19. The summed E-state index contributed by atoms with van der Waals surface area (Å²) in [5.74, 6) is -0.00738. The molecule has 0 amide bonds. The molecule has 0 aromatic heterocycles. The molecule has 0 spiro atoms. The summed E-state index contributed by atoms with van der Waals surface area (Å²) in [6, 6.07) is 4.56. The number of thioether (sulfide) groups is 1. The van der Waals surface area contributed by atoms with Gasteiger partial charge < -0.3 is 0 Å². The minimum absolute atomic E-state index is 0.00738. The molecular weight excluding hydrogens is 352 g/mol. The first-order valence-electron chi connectivity index (χ1n) is 4.31. The van der Waals surface area contributed by atoms with E-state index in [2.05, 4.69) is 0 Å². The maximum absolute atomic E-state index is 12.1. The van der Waals surface area contributed by atoms with Crippen molar-refractivity contribution in [1.29, 1.82) is 0 Å². The van der Waals surface area contributed by atoms with Gasteiger partial charge in [-0.25, -0.2) is 0 Å². The lowest BCUT2D eigenvalue weighted by Gasteiger charge is -2.08. The van der Waals surface area contributed by atoms with Gasteiger partial charge >= 0.3 is 5.51 Å². The second-order valence-corrected chi connectivity index (χ2v) is 5.46. The zero-order valence-electron chi connectivity index (χ0n) is 8.27. The molecule has 0 unspecified atom stereocenters. The van der Waals surface area contributed by atoms with Gasteiger partial charge in [-0.05, 0) is 59.0 Å². The van der Waals surface area contributed by atoms with Crippen molar-refractivity contribution in [1.82, 2.24) is 0 Å². The van der Waals surface area contributed by atoms with Crippen LogP contribution in [0.25, 0.3) is 0 Å². The lowest BCUT2D eigenvalue weighted by atomic mass is 10.1. The van der Waals surface area contributed by atoms with E-state index >= 15 is 0 Å². The Bertz CT molecular complexity index is 404. The molecule has 1 rings (SSSR count). The predicted octanol–water partition coefficient (Wildman–Crippen LogP) is 4.03. The number of Topliss-reactive ketones (excluding diaryl/α,β-unsaturated/α-hetero) is 1. The van der Waals surface area contributed by atoms with Crippen molar-refractivity contribution >= 4 is 40.1 Å². The fraction of sp³-hybridized carbons (Fsp3) is 0.300. The van der Waals surface area contributed by atoms with Crippen molar-refractivity contribution in [3.63, 3.8) is 0 Å². The number of halogens is 4. The van der Waals surface area contributed by atoms with Gasteiger partial charge in [0.15, 0.2) is 0 Å². The molecule has 0 bridgehead atoms.